The Bertz CT molecular complexity index is 361. The van der Waals surface area contributed by atoms with E-state index in [-0.39, 0.29) is 12.0 Å². The number of hydrogen-bond donors (Lipinski definition) is 1. The summed E-state index contributed by atoms with van der Waals surface area (Å²) in [6.45, 7) is 4.68. The van der Waals surface area contributed by atoms with Crippen LogP contribution in [-0.4, -0.2) is 34.1 Å². The summed E-state index contributed by atoms with van der Waals surface area (Å²) in [4.78, 5) is 4.36. The molecule has 5 nitrogen and oxygen atoms in total. The first-order chi connectivity index (χ1) is 8.70. The van der Waals surface area contributed by atoms with Crippen LogP contribution in [0.2, 0.25) is 0 Å². The third-order valence-corrected chi connectivity index (χ3v) is 3.55. The van der Waals surface area contributed by atoms with Crippen molar-refractivity contribution in [1.29, 1.82) is 0 Å². The molecule has 3 unspecified atom stereocenters. The van der Waals surface area contributed by atoms with E-state index in [0.29, 0.717) is 24.6 Å². The Morgan fingerprint density at radius 3 is 2.94 bits per heavy atom. The second kappa shape index (κ2) is 6.29. The summed E-state index contributed by atoms with van der Waals surface area (Å²) in [5.41, 5.74) is 0. The van der Waals surface area contributed by atoms with Crippen LogP contribution in [0.15, 0.2) is 4.52 Å². The Morgan fingerprint density at radius 2 is 2.28 bits per heavy atom. The van der Waals surface area contributed by atoms with E-state index in [9.17, 15) is 5.11 Å². The van der Waals surface area contributed by atoms with Gasteiger partial charge in [-0.1, -0.05) is 19.0 Å². The largest absolute Gasteiger partial charge is 0.392 e. The van der Waals surface area contributed by atoms with Gasteiger partial charge in [0.2, 0.25) is 5.89 Å². The SMILES string of the molecule is CCC(O)C(C)c1nc(CC2CCCCO2)no1. The Morgan fingerprint density at radius 1 is 1.44 bits per heavy atom. The number of rotatable bonds is 5. The van der Waals surface area contributed by atoms with Gasteiger partial charge < -0.3 is 14.4 Å². The fourth-order valence-electron chi connectivity index (χ4n) is 2.23. The van der Waals surface area contributed by atoms with Crippen molar-refractivity contribution in [3.63, 3.8) is 0 Å². The Hall–Kier alpha value is -0.940. The molecular weight excluding hydrogens is 232 g/mol. The smallest absolute Gasteiger partial charge is 0.232 e. The van der Waals surface area contributed by atoms with Crippen LogP contribution in [0, 0.1) is 0 Å². The minimum absolute atomic E-state index is 0.108. The minimum atomic E-state index is -0.427. The van der Waals surface area contributed by atoms with E-state index < -0.39 is 6.10 Å². The van der Waals surface area contributed by atoms with Crippen LogP contribution >= 0.6 is 0 Å². The van der Waals surface area contributed by atoms with Gasteiger partial charge in [0.1, 0.15) is 0 Å². The van der Waals surface area contributed by atoms with Crippen LogP contribution in [0.5, 0.6) is 0 Å². The van der Waals surface area contributed by atoms with Crippen molar-refractivity contribution in [2.75, 3.05) is 6.61 Å². The van der Waals surface area contributed by atoms with Crippen LogP contribution < -0.4 is 0 Å². The zero-order chi connectivity index (χ0) is 13.0. The molecule has 0 bridgehead atoms. The van der Waals surface area contributed by atoms with Gasteiger partial charge in [-0.2, -0.15) is 4.98 Å². The molecule has 1 aromatic rings. The van der Waals surface area contributed by atoms with Gasteiger partial charge in [0.05, 0.1) is 18.1 Å². The lowest BCUT2D eigenvalue weighted by molar-refractivity contribution is 0.0153. The van der Waals surface area contributed by atoms with E-state index in [1.807, 2.05) is 13.8 Å². The van der Waals surface area contributed by atoms with Gasteiger partial charge in [-0.05, 0) is 25.7 Å². The molecule has 0 aliphatic carbocycles. The molecule has 1 saturated heterocycles. The molecule has 1 N–H and O–H groups in total. The molecule has 0 spiro atoms. The number of aliphatic hydroxyl groups is 1. The molecule has 1 aromatic heterocycles. The maximum Gasteiger partial charge on any atom is 0.232 e. The quantitative estimate of drug-likeness (QED) is 0.871. The lowest BCUT2D eigenvalue weighted by atomic mass is 10.0. The van der Waals surface area contributed by atoms with E-state index in [0.717, 1.165) is 19.4 Å². The summed E-state index contributed by atoms with van der Waals surface area (Å²) < 4.78 is 10.9. The standard InChI is InChI=1S/C13H22N2O3/c1-3-11(16)9(2)13-14-12(15-18-13)8-10-6-4-5-7-17-10/h9-11,16H,3-8H2,1-2H3. The van der Waals surface area contributed by atoms with Crippen LogP contribution in [0.3, 0.4) is 0 Å². The molecule has 1 fully saturated rings. The van der Waals surface area contributed by atoms with Gasteiger partial charge in [-0.3, -0.25) is 0 Å². The van der Waals surface area contributed by atoms with Crippen molar-refractivity contribution < 1.29 is 14.4 Å². The van der Waals surface area contributed by atoms with Crippen LogP contribution in [-0.2, 0) is 11.2 Å². The molecule has 0 radical (unpaired) electrons. The summed E-state index contributed by atoms with van der Waals surface area (Å²) in [6, 6.07) is 0. The summed E-state index contributed by atoms with van der Waals surface area (Å²) in [7, 11) is 0. The zero-order valence-corrected chi connectivity index (χ0v) is 11.1. The molecular formula is C13H22N2O3. The Kier molecular flexibility index (Phi) is 4.72. The Balaban J connectivity index is 1.92. The number of hydrogen-bond acceptors (Lipinski definition) is 5. The van der Waals surface area contributed by atoms with Gasteiger partial charge in [-0.15, -0.1) is 0 Å². The van der Waals surface area contributed by atoms with Crippen molar-refractivity contribution in [2.45, 2.75) is 64.1 Å². The number of aromatic nitrogens is 2. The normalized spacial score (nSPS) is 23.8. The highest BCUT2D eigenvalue weighted by Crippen LogP contribution is 2.21. The lowest BCUT2D eigenvalue weighted by Crippen LogP contribution is -2.22. The maximum atomic E-state index is 9.76. The highest BCUT2D eigenvalue weighted by molar-refractivity contribution is 4.96. The second-order valence-corrected chi connectivity index (χ2v) is 5.01. The molecule has 3 atom stereocenters. The van der Waals surface area contributed by atoms with Crippen LogP contribution in [0.4, 0.5) is 0 Å². The van der Waals surface area contributed by atoms with Crippen LogP contribution in [0.1, 0.15) is 57.2 Å². The molecule has 2 rings (SSSR count). The molecule has 5 heteroatoms. The predicted molar refractivity (Wildman–Crippen MR) is 66.3 cm³/mol. The highest BCUT2D eigenvalue weighted by Gasteiger charge is 2.23. The molecule has 102 valence electrons. The topological polar surface area (TPSA) is 68.4 Å². The lowest BCUT2D eigenvalue weighted by Gasteiger charge is -2.20. The molecule has 1 aliphatic rings. The minimum Gasteiger partial charge on any atom is -0.392 e. The van der Waals surface area contributed by atoms with Gasteiger partial charge in [0.15, 0.2) is 5.82 Å². The molecule has 0 aromatic carbocycles. The summed E-state index contributed by atoms with van der Waals surface area (Å²) in [6.07, 6.45) is 4.61. The predicted octanol–water partition coefficient (Wildman–Crippen LogP) is 2.06. The maximum absolute atomic E-state index is 9.76. The van der Waals surface area contributed by atoms with Crippen molar-refractivity contribution in [3.05, 3.63) is 11.7 Å². The number of nitrogens with zero attached hydrogens (tertiary/aromatic N) is 2. The van der Waals surface area contributed by atoms with Crippen molar-refractivity contribution >= 4 is 0 Å². The van der Waals surface area contributed by atoms with E-state index in [1.165, 1.54) is 6.42 Å². The first-order valence-corrected chi connectivity index (χ1v) is 6.82. The number of ether oxygens (including phenoxy) is 1. The summed E-state index contributed by atoms with van der Waals surface area (Å²) in [5.74, 6) is 1.10. The third-order valence-electron chi connectivity index (χ3n) is 3.55. The van der Waals surface area contributed by atoms with Gasteiger partial charge in [-0.25, -0.2) is 0 Å². The van der Waals surface area contributed by atoms with Crippen LogP contribution in [0.25, 0.3) is 0 Å². The molecule has 0 amide bonds. The van der Waals surface area contributed by atoms with Crippen molar-refractivity contribution in [2.24, 2.45) is 0 Å². The fraction of sp³-hybridized carbons (Fsp3) is 0.846. The van der Waals surface area contributed by atoms with E-state index in [1.54, 1.807) is 0 Å². The first-order valence-electron chi connectivity index (χ1n) is 6.82. The monoisotopic (exact) mass is 254 g/mol. The van der Waals surface area contributed by atoms with Crippen molar-refractivity contribution in [1.82, 2.24) is 10.1 Å². The molecule has 2 heterocycles. The first kappa shape index (κ1) is 13.5. The van der Waals surface area contributed by atoms with E-state index in [2.05, 4.69) is 10.1 Å². The Labute approximate surface area is 108 Å². The highest BCUT2D eigenvalue weighted by atomic mass is 16.5. The van der Waals surface area contributed by atoms with Gasteiger partial charge in [0, 0.05) is 13.0 Å². The summed E-state index contributed by atoms with van der Waals surface area (Å²) in [5, 5.41) is 13.7. The average molecular weight is 254 g/mol. The third kappa shape index (κ3) is 3.29. The molecule has 1 aliphatic heterocycles. The number of aliphatic hydroxyl groups excluding tert-OH is 1. The fourth-order valence-corrected chi connectivity index (χ4v) is 2.23. The molecule has 18 heavy (non-hydrogen) atoms. The van der Waals surface area contributed by atoms with E-state index in [4.69, 9.17) is 9.26 Å². The second-order valence-electron chi connectivity index (χ2n) is 5.01. The van der Waals surface area contributed by atoms with Gasteiger partial charge >= 0.3 is 0 Å². The van der Waals surface area contributed by atoms with Gasteiger partial charge in [0.25, 0.3) is 0 Å². The average Bonchev–Trinajstić information content (AvgIpc) is 2.86. The summed E-state index contributed by atoms with van der Waals surface area (Å²) >= 11 is 0. The van der Waals surface area contributed by atoms with Crippen molar-refractivity contribution in [3.8, 4) is 0 Å². The van der Waals surface area contributed by atoms with E-state index >= 15 is 0 Å². The molecule has 0 saturated carbocycles. The zero-order valence-electron chi connectivity index (χ0n) is 11.1.